The second-order valence-corrected chi connectivity index (χ2v) is 11.1. The Labute approximate surface area is 122 Å². The molecule has 5 nitrogen and oxygen atoms in total. The van der Waals surface area contributed by atoms with Gasteiger partial charge in [0, 0.05) is 19.0 Å². The summed E-state index contributed by atoms with van der Waals surface area (Å²) in [5.74, 6) is 4.36. The van der Waals surface area contributed by atoms with Crippen molar-refractivity contribution in [2.75, 3.05) is 25.8 Å². The molecule has 0 aromatic rings. The molecule has 110 valence electrons. The van der Waals surface area contributed by atoms with Gasteiger partial charge in [0.1, 0.15) is 5.81 Å². The van der Waals surface area contributed by atoms with Gasteiger partial charge in [-0.1, -0.05) is 19.0 Å². The number of rotatable bonds is 9. The van der Waals surface area contributed by atoms with Crippen LogP contribution in [-0.4, -0.2) is 43.3 Å². The SMILES string of the molecule is C=P(C)(C#N)CN(CCCCCC#N)CP(=C)(N)C#N. The maximum Gasteiger partial charge on any atom is 0.102 e. The highest BCUT2D eigenvalue weighted by Gasteiger charge is 2.18. The summed E-state index contributed by atoms with van der Waals surface area (Å²) in [5, 5.41) is 26.6. The van der Waals surface area contributed by atoms with Crippen LogP contribution < -0.4 is 5.50 Å². The van der Waals surface area contributed by atoms with E-state index in [1.807, 2.05) is 6.66 Å². The molecule has 0 aliphatic heterocycles. The highest BCUT2D eigenvalue weighted by Crippen LogP contribution is 2.42. The van der Waals surface area contributed by atoms with Gasteiger partial charge in [0.05, 0.1) is 18.9 Å². The molecule has 2 N–H and O–H groups in total. The average Bonchev–Trinajstić information content (AvgIpc) is 2.37. The molecule has 0 saturated heterocycles. The third-order valence-corrected chi connectivity index (χ3v) is 5.48. The quantitative estimate of drug-likeness (QED) is 0.521. The lowest BCUT2D eigenvalue weighted by Gasteiger charge is -2.28. The summed E-state index contributed by atoms with van der Waals surface area (Å²) in [6.07, 6.45) is 12.1. The van der Waals surface area contributed by atoms with E-state index in [1.165, 1.54) is 0 Å². The van der Waals surface area contributed by atoms with E-state index in [2.05, 4.69) is 35.2 Å². The van der Waals surface area contributed by atoms with Crippen LogP contribution in [0.15, 0.2) is 0 Å². The van der Waals surface area contributed by atoms with Crippen LogP contribution in [0, 0.1) is 33.5 Å². The lowest BCUT2D eigenvalue weighted by Crippen LogP contribution is -2.28. The van der Waals surface area contributed by atoms with Crippen LogP contribution >= 0.6 is 13.9 Å². The first-order valence-corrected chi connectivity index (χ1v) is 11.2. The van der Waals surface area contributed by atoms with E-state index in [-0.39, 0.29) is 0 Å². The second kappa shape index (κ2) is 9.02. The van der Waals surface area contributed by atoms with E-state index in [0.717, 1.165) is 25.8 Å². The third-order valence-electron chi connectivity index (χ3n) is 2.67. The number of nitrogens with zero attached hydrogens (tertiary/aromatic N) is 4. The highest BCUT2D eigenvalue weighted by molar-refractivity contribution is 7.77. The van der Waals surface area contributed by atoms with Crippen molar-refractivity contribution < 1.29 is 0 Å². The average molecular weight is 311 g/mol. The maximum absolute atomic E-state index is 9.11. The fraction of sp³-hybridized carbons (Fsp3) is 0.615. The van der Waals surface area contributed by atoms with Crippen LogP contribution in [0.1, 0.15) is 25.7 Å². The normalized spacial score (nSPS) is 16.4. The highest BCUT2D eigenvalue weighted by atomic mass is 31.2. The first-order valence-electron chi connectivity index (χ1n) is 6.39. The number of hydrogen-bond acceptors (Lipinski definition) is 5. The van der Waals surface area contributed by atoms with Crippen molar-refractivity contribution in [3.8, 4) is 17.7 Å². The molecule has 0 heterocycles. The molecule has 0 radical (unpaired) electrons. The summed E-state index contributed by atoms with van der Waals surface area (Å²) in [4.78, 5) is 2.06. The van der Waals surface area contributed by atoms with Gasteiger partial charge in [-0.2, -0.15) is 15.8 Å². The van der Waals surface area contributed by atoms with Crippen molar-refractivity contribution in [1.29, 1.82) is 15.8 Å². The summed E-state index contributed by atoms with van der Waals surface area (Å²) in [6, 6.07) is 2.12. The van der Waals surface area contributed by atoms with E-state index in [1.54, 1.807) is 0 Å². The minimum atomic E-state index is -2.33. The van der Waals surface area contributed by atoms with Crippen molar-refractivity contribution in [3.63, 3.8) is 0 Å². The van der Waals surface area contributed by atoms with Crippen LogP contribution in [0.4, 0.5) is 0 Å². The fourth-order valence-electron chi connectivity index (χ4n) is 1.76. The monoisotopic (exact) mass is 311 g/mol. The van der Waals surface area contributed by atoms with Gasteiger partial charge < -0.3 is 0 Å². The summed E-state index contributed by atoms with van der Waals surface area (Å²) < 4.78 is 0. The lowest BCUT2D eigenvalue weighted by atomic mass is 10.2. The Bertz CT molecular complexity index is 484. The second-order valence-electron chi connectivity index (χ2n) is 5.28. The Morgan fingerprint density at radius 3 is 2.20 bits per heavy atom. The molecule has 7 heteroatoms. The van der Waals surface area contributed by atoms with Gasteiger partial charge in [0.15, 0.2) is 0 Å². The molecule has 2 atom stereocenters. The Hall–Kier alpha value is -1.01. The van der Waals surface area contributed by atoms with Gasteiger partial charge in [-0.15, -0.1) is 0 Å². The van der Waals surface area contributed by atoms with Crippen molar-refractivity contribution >= 4 is 26.5 Å². The molecule has 0 aliphatic carbocycles. The lowest BCUT2D eigenvalue weighted by molar-refractivity contribution is 0.359. The smallest absolute Gasteiger partial charge is 0.102 e. The Morgan fingerprint density at radius 1 is 1.05 bits per heavy atom. The molecular formula is C13H23N5P2. The summed E-state index contributed by atoms with van der Waals surface area (Å²) in [6.45, 7) is 0.766. The van der Waals surface area contributed by atoms with Gasteiger partial charge in [0.2, 0.25) is 0 Å². The zero-order chi connectivity index (χ0) is 15.6. The zero-order valence-corrected chi connectivity index (χ0v) is 13.9. The third kappa shape index (κ3) is 8.98. The molecule has 0 aromatic heterocycles. The van der Waals surface area contributed by atoms with Crippen LogP contribution in [-0.2, 0) is 0 Å². The van der Waals surface area contributed by atoms with Crippen LogP contribution in [0.2, 0.25) is 0 Å². The maximum atomic E-state index is 9.11. The first-order chi connectivity index (χ1) is 9.26. The summed E-state index contributed by atoms with van der Waals surface area (Å²) in [5.41, 5.74) is 5.89. The minimum absolute atomic E-state index is 0.439. The van der Waals surface area contributed by atoms with Crippen molar-refractivity contribution in [2.24, 2.45) is 5.50 Å². The zero-order valence-electron chi connectivity index (χ0n) is 12.1. The molecule has 20 heavy (non-hydrogen) atoms. The Balaban J connectivity index is 4.54. The van der Waals surface area contributed by atoms with Gasteiger partial charge in [-0.25, -0.2) is 0 Å². The van der Waals surface area contributed by atoms with Gasteiger partial charge in [0.25, 0.3) is 0 Å². The summed E-state index contributed by atoms with van der Waals surface area (Å²) >= 11 is 0. The predicted molar refractivity (Wildman–Crippen MR) is 89.9 cm³/mol. The molecule has 2 unspecified atom stereocenters. The molecule has 0 saturated carbocycles. The van der Waals surface area contributed by atoms with E-state index in [9.17, 15) is 0 Å². The molecule has 0 fully saturated rings. The van der Waals surface area contributed by atoms with Gasteiger partial charge >= 0.3 is 0 Å². The van der Waals surface area contributed by atoms with Crippen LogP contribution in [0.5, 0.6) is 0 Å². The standard InChI is InChI=1S/C13H23N5P2/c1-19(2,10-15)12-18(13-20(3,17)11-16)9-7-5-4-6-8-14/h1,3-7,9,12-13,17H2,2H3. The number of nitrogens with two attached hydrogens (primary N) is 1. The Morgan fingerprint density at radius 2 is 1.70 bits per heavy atom. The molecule has 0 bridgehead atoms. The number of unbranched alkanes of at least 4 members (excludes halogenated alkanes) is 3. The molecule has 0 rings (SSSR count). The largest absolute Gasteiger partial charge is 0.299 e. The topological polar surface area (TPSA) is 101 Å². The van der Waals surface area contributed by atoms with E-state index >= 15 is 0 Å². The first kappa shape index (κ1) is 19.0. The molecule has 0 aromatic carbocycles. The minimum Gasteiger partial charge on any atom is -0.299 e. The predicted octanol–water partition coefficient (Wildman–Crippen LogP) is 2.65. The van der Waals surface area contributed by atoms with Crippen molar-refractivity contribution in [2.45, 2.75) is 25.7 Å². The number of nitriles is 3. The van der Waals surface area contributed by atoms with E-state index in [0.29, 0.717) is 19.0 Å². The molecule has 0 aliphatic rings. The Kier molecular flexibility index (Phi) is 8.57. The van der Waals surface area contributed by atoms with Crippen molar-refractivity contribution in [1.82, 2.24) is 4.90 Å². The molecular weight excluding hydrogens is 288 g/mol. The summed E-state index contributed by atoms with van der Waals surface area (Å²) in [7, 11) is -2.33. The molecule has 0 spiro atoms. The van der Waals surface area contributed by atoms with Crippen LogP contribution in [0.3, 0.4) is 0 Å². The molecule has 0 amide bonds. The van der Waals surface area contributed by atoms with Crippen LogP contribution in [0.25, 0.3) is 0 Å². The van der Waals surface area contributed by atoms with Gasteiger partial charge in [-0.3, -0.25) is 10.4 Å². The van der Waals surface area contributed by atoms with E-state index < -0.39 is 13.9 Å². The fourth-order valence-corrected chi connectivity index (χ4v) is 4.13. The van der Waals surface area contributed by atoms with Gasteiger partial charge in [-0.05, 0) is 32.9 Å². The van der Waals surface area contributed by atoms with Crippen molar-refractivity contribution in [3.05, 3.63) is 0 Å². The van der Waals surface area contributed by atoms with E-state index in [4.69, 9.17) is 21.3 Å². The number of hydrogen-bond donors (Lipinski definition) is 1.